The van der Waals surface area contributed by atoms with E-state index in [9.17, 15) is 9.59 Å². The van der Waals surface area contributed by atoms with Gasteiger partial charge in [0.05, 0.1) is 18.5 Å². The van der Waals surface area contributed by atoms with Crippen molar-refractivity contribution in [2.45, 2.75) is 51.2 Å². The highest BCUT2D eigenvalue weighted by atomic mass is 16.2. The van der Waals surface area contributed by atoms with E-state index in [1.807, 2.05) is 57.9 Å². The molecule has 1 aromatic carbocycles. The maximum Gasteiger partial charge on any atom is 0.227 e. The van der Waals surface area contributed by atoms with Gasteiger partial charge >= 0.3 is 0 Å². The van der Waals surface area contributed by atoms with E-state index in [0.29, 0.717) is 12.8 Å². The molecular formula is C21H26N4O2. The summed E-state index contributed by atoms with van der Waals surface area (Å²) in [5, 5.41) is 4.21. The minimum atomic E-state index is 0.0418. The predicted octanol–water partition coefficient (Wildman–Crippen LogP) is 2.03. The van der Waals surface area contributed by atoms with E-state index in [0.717, 1.165) is 38.0 Å². The normalized spacial score (nSPS) is 21.7. The summed E-state index contributed by atoms with van der Waals surface area (Å²) < 4.78 is 1.89. The van der Waals surface area contributed by atoms with E-state index in [4.69, 9.17) is 0 Å². The molecule has 0 spiro atoms. The number of carbonyl (C=O) groups is 2. The summed E-state index contributed by atoms with van der Waals surface area (Å²) in [6.07, 6.45) is 6.36. The van der Waals surface area contributed by atoms with Crippen molar-refractivity contribution >= 4 is 11.8 Å². The summed E-state index contributed by atoms with van der Waals surface area (Å²) in [7, 11) is 0. The molecule has 2 saturated heterocycles. The number of carbonyl (C=O) groups excluding carboxylic acids is 2. The molecule has 4 rings (SSSR count). The minimum absolute atomic E-state index is 0.0418. The lowest BCUT2D eigenvalue weighted by Gasteiger charge is -2.25. The van der Waals surface area contributed by atoms with Crippen LogP contribution in [0.25, 0.3) is 0 Å². The number of hydrogen-bond acceptors (Lipinski definition) is 3. The van der Waals surface area contributed by atoms with Crippen LogP contribution < -0.4 is 0 Å². The SMILES string of the molecule is Cc1ccc(CC(=O)N2CC[C@H]3[C@@H]2CC(=O)N3CCCn2cccn2)cc1. The molecule has 142 valence electrons. The third-order valence-electron chi connectivity index (χ3n) is 5.76. The van der Waals surface area contributed by atoms with Crippen molar-refractivity contribution in [3.05, 3.63) is 53.9 Å². The van der Waals surface area contributed by atoms with E-state index < -0.39 is 0 Å². The highest BCUT2D eigenvalue weighted by Gasteiger charge is 2.47. The second kappa shape index (κ2) is 7.55. The maximum atomic E-state index is 12.8. The Morgan fingerprint density at radius 1 is 1.19 bits per heavy atom. The van der Waals surface area contributed by atoms with E-state index in [1.54, 1.807) is 6.20 Å². The first-order valence-corrected chi connectivity index (χ1v) is 9.74. The molecule has 2 aromatic rings. The van der Waals surface area contributed by atoms with Crippen LogP contribution in [-0.4, -0.2) is 56.6 Å². The Balaban J connectivity index is 1.34. The Hall–Kier alpha value is -2.63. The lowest BCUT2D eigenvalue weighted by Crippen LogP contribution is -2.40. The van der Waals surface area contributed by atoms with Crippen LogP contribution >= 0.6 is 0 Å². The average molecular weight is 366 g/mol. The lowest BCUT2D eigenvalue weighted by atomic mass is 10.1. The molecule has 2 aliphatic heterocycles. The van der Waals surface area contributed by atoms with E-state index in [2.05, 4.69) is 5.10 Å². The van der Waals surface area contributed by atoms with Crippen molar-refractivity contribution in [3.8, 4) is 0 Å². The number of aromatic nitrogens is 2. The van der Waals surface area contributed by atoms with Crippen LogP contribution in [0.3, 0.4) is 0 Å². The van der Waals surface area contributed by atoms with Crippen LogP contribution in [0.2, 0.25) is 0 Å². The molecule has 27 heavy (non-hydrogen) atoms. The molecule has 3 heterocycles. The Kier molecular flexibility index (Phi) is 4.97. The highest BCUT2D eigenvalue weighted by Crippen LogP contribution is 2.33. The third kappa shape index (κ3) is 3.75. The van der Waals surface area contributed by atoms with Crippen LogP contribution in [0.5, 0.6) is 0 Å². The molecule has 0 saturated carbocycles. The van der Waals surface area contributed by atoms with Crippen LogP contribution in [0.1, 0.15) is 30.4 Å². The van der Waals surface area contributed by atoms with Crippen LogP contribution in [-0.2, 0) is 22.6 Å². The topological polar surface area (TPSA) is 58.4 Å². The van der Waals surface area contributed by atoms with Crippen molar-refractivity contribution in [2.75, 3.05) is 13.1 Å². The average Bonchev–Trinajstić information content (AvgIpc) is 3.36. The standard InChI is InChI=1S/C21H26N4O2/c1-16-4-6-17(7-5-16)14-20(26)25-13-8-18-19(25)15-21(27)24(18)12-3-11-23-10-2-9-22-23/h2,4-7,9-10,18-19H,3,8,11-15H2,1H3/t18-,19-/m0/s1. The van der Waals surface area contributed by atoms with E-state index >= 15 is 0 Å². The Bertz CT molecular complexity index is 800. The number of hydrogen-bond donors (Lipinski definition) is 0. The molecule has 2 amide bonds. The van der Waals surface area contributed by atoms with Crippen molar-refractivity contribution in [3.63, 3.8) is 0 Å². The number of benzene rings is 1. The minimum Gasteiger partial charge on any atom is -0.337 e. The van der Waals surface area contributed by atoms with Crippen molar-refractivity contribution in [2.24, 2.45) is 0 Å². The molecule has 6 heteroatoms. The summed E-state index contributed by atoms with van der Waals surface area (Å²) in [6, 6.07) is 10.2. The summed E-state index contributed by atoms with van der Waals surface area (Å²) >= 11 is 0. The Morgan fingerprint density at radius 3 is 2.74 bits per heavy atom. The van der Waals surface area contributed by atoms with Gasteiger partial charge in [-0.15, -0.1) is 0 Å². The molecule has 0 radical (unpaired) electrons. The van der Waals surface area contributed by atoms with Gasteiger partial charge in [-0.05, 0) is 31.4 Å². The monoisotopic (exact) mass is 366 g/mol. The maximum absolute atomic E-state index is 12.8. The van der Waals surface area contributed by atoms with Gasteiger partial charge in [0.25, 0.3) is 0 Å². The smallest absolute Gasteiger partial charge is 0.227 e. The lowest BCUT2D eigenvalue weighted by molar-refractivity contribution is -0.131. The third-order valence-corrected chi connectivity index (χ3v) is 5.76. The zero-order valence-corrected chi connectivity index (χ0v) is 15.8. The van der Waals surface area contributed by atoms with Crippen molar-refractivity contribution in [1.29, 1.82) is 0 Å². The summed E-state index contributed by atoms with van der Waals surface area (Å²) in [5.41, 5.74) is 2.23. The fourth-order valence-electron chi connectivity index (χ4n) is 4.35. The quantitative estimate of drug-likeness (QED) is 0.786. The zero-order valence-electron chi connectivity index (χ0n) is 15.8. The number of fused-ring (bicyclic) bond motifs is 1. The van der Waals surface area contributed by atoms with Crippen LogP contribution in [0.15, 0.2) is 42.7 Å². The van der Waals surface area contributed by atoms with Gasteiger partial charge in [0, 0.05) is 38.4 Å². The van der Waals surface area contributed by atoms with E-state index in [-0.39, 0.29) is 23.9 Å². The molecule has 2 fully saturated rings. The number of rotatable bonds is 6. The fraction of sp³-hybridized carbons (Fsp3) is 0.476. The fourth-order valence-corrected chi connectivity index (χ4v) is 4.35. The number of aryl methyl sites for hydroxylation is 2. The van der Waals surface area contributed by atoms with Gasteiger partial charge in [-0.1, -0.05) is 29.8 Å². The molecule has 0 bridgehead atoms. The second-order valence-electron chi connectivity index (χ2n) is 7.59. The van der Waals surface area contributed by atoms with Crippen LogP contribution in [0, 0.1) is 6.92 Å². The van der Waals surface area contributed by atoms with Gasteiger partial charge < -0.3 is 9.80 Å². The first-order chi connectivity index (χ1) is 13.1. The number of likely N-dealkylation sites (tertiary alicyclic amines) is 2. The second-order valence-corrected chi connectivity index (χ2v) is 7.59. The van der Waals surface area contributed by atoms with Gasteiger partial charge in [-0.25, -0.2) is 0 Å². The van der Waals surface area contributed by atoms with Crippen molar-refractivity contribution in [1.82, 2.24) is 19.6 Å². The Morgan fingerprint density at radius 2 is 2.00 bits per heavy atom. The number of amides is 2. The largest absolute Gasteiger partial charge is 0.337 e. The highest BCUT2D eigenvalue weighted by molar-refractivity contribution is 5.84. The first kappa shape index (κ1) is 17.8. The molecule has 6 nitrogen and oxygen atoms in total. The molecule has 2 atom stereocenters. The molecule has 1 aromatic heterocycles. The number of nitrogens with zero attached hydrogens (tertiary/aromatic N) is 4. The zero-order chi connectivity index (χ0) is 18.8. The molecule has 0 unspecified atom stereocenters. The van der Waals surface area contributed by atoms with E-state index in [1.165, 1.54) is 5.56 Å². The van der Waals surface area contributed by atoms with Crippen LogP contribution in [0.4, 0.5) is 0 Å². The van der Waals surface area contributed by atoms with Crippen molar-refractivity contribution < 1.29 is 9.59 Å². The van der Waals surface area contributed by atoms with Gasteiger partial charge in [0.2, 0.25) is 11.8 Å². The molecular weight excluding hydrogens is 340 g/mol. The van der Waals surface area contributed by atoms with Gasteiger partial charge in [0.15, 0.2) is 0 Å². The summed E-state index contributed by atoms with van der Waals surface area (Å²) in [6.45, 7) is 4.34. The molecule has 2 aliphatic rings. The summed E-state index contributed by atoms with van der Waals surface area (Å²) in [4.78, 5) is 29.3. The molecule has 0 aliphatic carbocycles. The van der Waals surface area contributed by atoms with Gasteiger partial charge in [-0.2, -0.15) is 5.10 Å². The summed E-state index contributed by atoms with van der Waals surface area (Å²) in [5.74, 6) is 0.316. The van der Waals surface area contributed by atoms with Gasteiger partial charge in [-0.3, -0.25) is 14.3 Å². The van der Waals surface area contributed by atoms with Gasteiger partial charge in [0.1, 0.15) is 0 Å². The first-order valence-electron chi connectivity index (χ1n) is 9.74. The molecule has 0 N–H and O–H groups in total. The predicted molar refractivity (Wildman–Crippen MR) is 102 cm³/mol. The Labute approximate surface area is 159 Å².